The summed E-state index contributed by atoms with van der Waals surface area (Å²) in [5, 5.41) is 21.7. The highest BCUT2D eigenvalue weighted by Crippen LogP contribution is 2.20. The van der Waals surface area contributed by atoms with Gasteiger partial charge in [-0.15, -0.1) is 0 Å². The Morgan fingerprint density at radius 2 is 2.00 bits per heavy atom. The van der Waals surface area contributed by atoms with Gasteiger partial charge in [-0.05, 0) is 30.8 Å². The number of hydrogen-bond donors (Lipinski definition) is 3. The zero-order valence-electron chi connectivity index (χ0n) is 11.6. The van der Waals surface area contributed by atoms with Gasteiger partial charge in [0.05, 0.1) is 12.6 Å². The summed E-state index contributed by atoms with van der Waals surface area (Å²) >= 11 is 0. The van der Waals surface area contributed by atoms with Crippen LogP contribution >= 0.6 is 0 Å². The molecule has 0 amide bonds. The van der Waals surface area contributed by atoms with E-state index in [1.807, 2.05) is 0 Å². The van der Waals surface area contributed by atoms with E-state index in [1.54, 1.807) is 6.07 Å². The molecular formula is C14H23FN2O2. The van der Waals surface area contributed by atoms with Crippen molar-refractivity contribution in [3.05, 3.63) is 29.6 Å². The van der Waals surface area contributed by atoms with Gasteiger partial charge < -0.3 is 20.4 Å². The minimum atomic E-state index is -0.665. The lowest BCUT2D eigenvalue weighted by molar-refractivity contribution is 0.233. The summed E-state index contributed by atoms with van der Waals surface area (Å²) < 4.78 is 13.3. The highest BCUT2D eigenvalue weighted by Gasteiger charge is 2.12. The first kappa shape index (κ1) is 15.9. The second-order valence-corrected chi connectivity index (χ2v) is 4.43. The number of halogens is 1. The summed E-state index contributed by atoms with van der Waals surface area (Å²) in [5.41, 5.74) is 0.636. The van der Waals surface area contributed by atoms with Gasteiger partial charge in [0.15, 0.2) is 11.6 Å². The fraction of sp³-hybridized carbons (Fsp3) is 0.571. The molecule has 1 unspecified atom stereocenters. The maximum atomic E-state index is 13.3. The van der Waals surface area contributed by atoms with Gasteiger partial charge in [-0.2, -0.15) is 0 Å². The van der Waals surface area contributed by atoms with Gasteiger partial charge >= 0.3 is 0 Å². The first-order chi connectivity index (χ1) is 9.12. The molecule has 1 rings (SSSR count). The molecule has 108 valence electrons. The lowest BCUT2D eigenvalue weighted by atomic mass is 10.1. The Morgan fingerprint density at radius 3 is 2.53 bits per heavy atom. The van der Waals surface area contributed by atoms with Gasteiger partial charge in [0.25, 0.3) is 0 Å². The predicted molar refractivity (Wildman–Crippen MR) is 73.7 cm³/mol. The van der Waals surface area contributed by atoms with Crippen molar-refractivity contribution in [2.75, 3.05) is 32.8 Å². The first-order valence-corrected chi connectivity index (χ1v) is 6.67. The Hall–Kier alpha value is -1.17. The van der Waals surface area contributed by atoms with Crippen molar-refractivity contribution in [1.82, 2.24) is 10.2 Å². The van der Waals surface area contributed by atoms with Gasteiger partial charge in [-0.1, -0.05) is 19.9 Å². The van der Waals surface area contributed by atoms with Crippen LogP contribution in [0.2, 0.25) is 0 Å². The molecule has 3 N–H and O–H groups in total. The standard InChI is InChI=1S/C14H23FN2O2/c1-3-17(4-2)8-7-16-13(10-18)11-5-6-14(19)12(15)9-11/h5-6,9,13,16,18-19H,3-4,7-8,10H2,1-2H3. The molecule has 4 nitrogen and oxygen atoms in total. The van der Waals surface area contributed by atoms with Crippen molar-refractivity contribution in [2.24, 2.45) is 0 Å². The molecule has 0 bridgehead atoms. The van der Waals surface area contributed by atoms with Crippen molar-refractivity contribution in [3.63, 3.8) is 0 Å². The number of benzene rings is 1. The van der Waals surface area contributed by atoms with Crippen LogP contribution in [0.1, 0.15) is 25.5 Å². The highest BCUT2D eigenvalue weighted by atomic mass is 19.1. The Kier molecular flexibility index (Phi) is 6.77. The third kappa shape index (κ3) is 4.78. The molecule has 19 heavy (non-hydrogen) atoms. The SMILES string of the molecule is CCN(CC)CCNC(CO)c1ccc(O)c(F)c1. The summed E-state index contributed by atoms with van der Waals surface area (Å²) in [7, 11) is 0. The molecule has 0 fully saturated rings. The first-order valence-electron chi connectivity index (χ1n) is 6.67. The normalized spacial score (nSPS) is 12.9. The van der Waals surface area contributed by atoms with Crippen molar-refractivity contribution >= 4 is 0 Å². The number of aliphatic hydroxyl groups is 1. The van der Waals surface area contributed by atoms with Gasteiger partial charge in [0.2, 0.25) is 0 Å². The third-order valence-corrected chi connectivity index (χ3v) is 3.27. The van der Waals surface area contributed by atoms with E-state index < -0.39 is 5.82 Å². The van der Waals surface area contributed by atoms with Crippen LogP contribution in [0.5, 0.6) is 5.75 Å². The number of hydrogen-bond acceptors (Lipinski definition) is 4. The number of aromatic hydroxyl groups is 1. The summed E-state index contributed by atoms with van der Waals surface area (Å²) in [4.78, 5) is 2.26. The average molecular weight is 270 g/mol. The van der Waals surface area contributed by atoms with Crippen molar-refractivity contribution in [1.29, 1.82) is 0 Å². The van der Waals surface area contributed by atoms with E-state index in [1.165, 1.54) is 12.1 Å². The Bertz CT molecular complexity index is 384. The van der Waals surface area contributed by atoms with E-state index in [4.69, 9.17) is 5.11 Å². The van der Waals surface area contributed by atoms with Crippen LogP contribution in [0.15, 0.2) is 18.2 Å². The van der Waals surface area contributed by atoms with Crippen molar-refractivity contribution < 1.29 is 14.6 Å². The maximum absolute atomic E-state index is 13.3. The van der Waals surface area contributed by atoms with E-state index >= 15 is 0 Å². The molecule has 1 atom stereocenters. The summed E-state index contributed by atoms with van der Waals surface area (Å²) in [6.45, 7) is 7.65. The largest absolute Gasteiger partial charge is 0.505 e. The number of nitrogens with one attached hydrogen (secondary N) is 1. The number of phenolic OH excluding ortho intramolecular Hbond substituents is 1. The lowest BCUT2D eigenvalue weighted by Gasteiger charge is -2.21. The molecule has 5 heteroatoms. The molecule has 1 aromatic rings. The molecule has 0 heterocycles. The molecule has 0 radical (unpaired) electrons. The average Bonchev–Trinajstić information content (AvgIpc) is 2.42. The van der Waals surface area contributed by atoms with Gasteiger partial charge in [0, 0.05) is 13.1 Å². The number of rotatable bonds is 8. The summed E-state index contributed by atoms with van der Waals surface area (Å²) in [5.74, 6) is -1.04. The van der Waals surface area contributed by atoms with E-state index in [2.05, 4.69) is 24.1 Å². The van der Waals surface area contributed by atoms with Gasteiger partial charge in [-0.25, -0.2) is 4.39 Å². The number of nitrogens with zero attached hydrogens (tertiary/aromatic N) is 1. The summed E-state index contributed by atoms with van der Waals surface area (Å²) in [6, 6.07) is 3.86. The zero-order chi connectivity index (χ0) is 14.3. The minimum absolute atomic E-state index is 0.109. The Labute approximate surface area is 113 Å². The molecule has 0 aromatic heterocycles. The number of aliphatic hydroxyl groups excluding tert-OH is 1. The second kappa shape index (κ2) is 8.09. The minimum Gasteiger partial charge on any atom is -0.505 e. The fourth-order valence-corrected chi connectivity index (χ4v) is 1.96. The summed E-state index contributed by atoms with van der Waals surface area (Å²) in [6.07, 6.45) is 0. The highest BCUT2D eigenvalue weighted by molar-refractivity contribution is 5.30. The quantitative estimate of drug-likeness (QED) is 0.670. The number of likely N-dealkylation sites (N-methyl/N-ethyl adjacent to an activating group) is 1. The second-order valence-electron chi connectivity index (χ2n) is 4.43. The van der Waals surface area contributed by atoms with Crippen LogP contribution in [0, 0.1) is 5.82 Å². The monoisotopic (exact) mass is 270 g/mol. The van der Waals surface area contributed by atoms with E-state index in [0.29, 0.717) is 5.56 Å². The van der Waals surface area contributed by atoms with Crippen LogP contribution in [0.4, 0.5) is 4.39 Å². The van der Waals surface area contributed by atoms with Crippen LogP contribution in [-0.4, -0.2) is 47.9 Å². The Morgan fingerprint density at radius 1 is 1.32 bits per heavy atom. The molecule has 0 spiro atoms. The van der Waals surface area contributed by atoms with E-state index in [0.717, 1.165) is 26.2 Å². The molecular weight excluding hydrogens is 247 g/mol. The van der Waals surface area contributed by atoms with Gasteiger partial charge in [-0.3, -0.25) is 0 Å². The van der Waals surface area contributed by atoms with Crippen molar-refractivity contribution in [2.45, 2.75) is 19.9 Å². The Balaban J connectivity index is 2.55. The maximum Gasteiger partial charge on any atom is 0.165 e. The number of phenols is 1. The third-order valence-electron chi connectivity index (χ3n) is 3.27. The zero-order valence-corrected chi connectivity index (χ0v) is 11.6. The molecule has 0 aliphatic carbocycles. The van der Waals surface area contributed by atoms with Crippen LogP contribution in [0.3, 0.4) is 0 Å². The molecule has 0 aliphatic rings. The topological polar surface area (TPSA) is 55.7 Å². The van der Waals surface area contributed by atoms with E-state index in [-0.39, 0.29) is 18.4 Å². The smallest absolute Gasteiger partial charge is 0.165 e. The molecule has 1 aromatic carbocycles. The van der Waals surface area contributed by atoms with Crippen LogP contribution in [-0.2, 0) is 0 Å². The predicted octanol–water partition coefficient (Wildman–Crippen LogP) is 1.50. The fourth-order valence-electron chi connectivity index (χ4n) is 1.96. The van der Waals surface area contributed by atoms with Crippen LogP contribution in [0.25, 0.3) is 0 Å². The van der Waals surface area contributed by atoms with Crippen molar-refractivity contribution in [3.8, 4) is 5.75 Å². The molecule has 0 saturated heterocycles. The lowest BCUT2D eigenvalue weighted by Crippen LogP contribution is -2.34. The molecule has 0 aliphatic heterocycles. The van der Waals surface area contributed by atoms with E-state index in [9.17, 15) is 9.50 Å². The van der Waals surface area contributed by atoms with Gasteiger partial charge in [0.1, 0.15) is 0 Å². The van der Waals surface area contributed by atoms with Crippen LogP contribution < -0.4 is 5.32 Å². The molecule has 0 saturated carbocycles.